The monoisotopic (exact) mass is 706 g/mol. The Kier molecular flexibility index (Phi) is 6.48. The van der Waals surface area contributed by atoms with E-state index in [0.717, 1.165) is 22.8 Å². The van der Waals surface area contributed by atoms with Gasteiger partial charge in [-0.2, -0.15) is 0 Å². The summed E-state index contributed by atoms with van der Waals surface area (Å²) in [7, 11) is 0. The summed E-state index contributed by atoms with van der Waals surface area (Å²) in [6, 6.07) is 55.0. The topological polar surface area (TPSA) is 38.2 Å². The molecule has 7 aromatic carbocycles. The number of amidine groups is 2. The summed E-state index contributed by atoms with van der Waals surface area (Å²) in [5.41, 5.74) is 5.92. The first-order chi connectivity index (χ1) is 25.2. The summed E-state index contributed by atoms with van der Waals surface area (Å²) in [5, 5.41) is 15.3. The van der Waals surface area contributed by atoms with Crippen molar-refractivity contribution in [1.29, 1.82) is 0 Å². The number of hydrogen-bond donors (Lipinski definition) is 2. The highest BCUT2D eigenvalue weighted by atomic mass is 32.1. The van der Waals surface area contributed by atoms with E-state index in [-0.39, 0.29) is 6.17 Å². The van der Waals surface area contributed by atoms with Crippen molar-refractivity contribution in [2.24, 2.45) is 0 Å². The fourth-order valence-corrected chi connectivity index (χ4v) is 11.1. The Bertz CT molecular complexity index is 3090. The van der Waals surface area contributed by atoms with Crippen LogP contribution in [0.15, 0.2) is 152 Å². The van der Waals surface area contributed by atoms with Gasteiger partial charge < -0.3 is 0 Å². The van der Waals surface area contributed by atoms with Crippen LogP contribution in [0.5, 0.6) is 0 Å². The van der Waals surface area contributed by atoms with Gasteiger partial charge in [-0.15, -0.1) is 34.0 Å². The van der Waals surface area contributed by atoms with E-state index in [1.54, 1.807) is 0 Å². The molecular formula is C45H28N3S3+. The van der Waals surface area contributed by atoms with Gasteiger partial charge in [0.05, 0.1) is 11.1 Å². The second-order valence-electron chi connectivity index (χ2n) is 13.0. The average Bonchev–Trinajstić information content (AvgIpc) is 3.88. The third kappa shape index (κ3) is 4.66. The van der Waals surface area contributed by atoms with Crippen molar-refractivity contribution >= 4 is 106 Å². The Morgan fingerprint density at radius 3 is 1.98 bits per heavy atom. The average molecular weight is 707 g/mol. The molecule has 0 bridgehead atoms. The lowest BCUT2D eigenvalue weighted by Gasteiger charge is -2.20. The van der Waals surface area contributed by atoms with E-state index >= 15 is 0 Å². The molecule has 1 aliphatic heterocycles. The molecule has 1 unspecified atom stereocenters. The van der Waals surface area contributed by atoms with E-state index < -0.39 is 0 Å². The molecule has 2 N–H and O–H groups in total. The lowest BCUT2D eigenvalue weighted by atomic mass is 10.0. The summed E-state index contributed by atoms with van der Waals surface area (Å²) in [4.78, 5) is 0. The van der Waals surface area contributed by atoms with Crippen LogP contribution in [0.3, 0.4) is 0 Å². The quantitative estimate of drug-likeness (QED) is 0.179. The predicted octanol–water partition coefficient (Wildman–Crippen LogP) is 11.6. The van der Waals surface area contributed by atoms with Gasteiger partial charge in [-0.3, -0.25) is 10.6 Å². The second-order valence-corrected chi connectivity index (χ2v) is 16.2. The second kappa shape index (κ2) is 11.4. The van der Waals surface area contributed by atoms with Crippen molar-refractivity contribution in [3.8, 4) is 11.1 Å². The van der Waals surface area contributed by atoms with Gasteiger partial charge in [0.15, 0.2) is 0 Å². The molecule has 0 fully saturated rings. The van der Waals surface area contributed by atoms with Crippen LogP contribution >= 0.6 is 34.0 Å². The highest BCUT2D eigenvalue weighted by Gasteiger charge is 2.31. The minimum absolute atomic E-state index is 0.169. The molecule has 51 heavy (non-hydrogen) atoms. The molecule has 11 rings (SSSR count). The van der Waals surface area contributed by atoms with Crippen LogP contribution in [0.2, 0.25) is 0 Å². The zero-order chi connectivity index (χ0) is 33.5. The summed E-state index contributed by atoms with van der Waals surface area (Å²) in [6.45, 7) is 0. The normalized spacial score (nSPS) is 14.7. The highest BCUT2D eigenvalue weighted by molar-refractivity contribution is 7.27. The van der Waals surface area contributed by atoms with Crippen molar-refractivity contribution in [3.63, 3.8) is 0 Å². The van der Waals surface area contributed by atoms with Crippen molar-refractivity contribution in [1.82, 2.24) is 15.3 Å². The molecule has 6 heteroatoms. The summed E-state index contributed by atoms with van der Waals surface area (Å²) in [6.07, 6.45) is -0.169. The van der Waals surface area contributed by atoms with Crippen molar-refractivity contribution in [2.45, 2.75) is 6.17 Å². The largest absolute Gasteiger partial charge is 0.320 e. The van der Waals surface area contributed by atoms with E-state index in [1.165, 1.54) is 77.2 Å². The van der Waals surface area contributed by atoms with Crippen LogP contribution < -0.4 is 15.3 Å². The minimum atomic E-state index is -0.169. The van der Waals surface area contributed by atoms with Crippen molar-refractivity contribution in [3.05, 3.63) is 168 Å². The first-order valence-electron chi connectivity index (χ1n) is 17.1. The standard InChI is InChI=1S/C45H27N3S3/c1-2-10-26(11-3-1)43-46-44(48-45(47-43)34-16-9-19-39-41(34)33-13-5-7-18-37(33)49-39)28-21-23-38-35(24-28)31-22-20-27(25-40(31)50-38)29-14-8-15-32-30-12-4-6-17-36(30)51-42(29)32/h1-25,44H,(H,46,47,48)/p+1. The van der Waals surface area contributed by atoms with E-state index in [0.29, 0.717) is 0 Å². The van der Waals surface area contributed by atoms with E-state index in [9.17, 15) is 0 Å². The smallest absolute Gasteiger partial charge is 0.255 e. The Balaban J connectivity index is 1.02. The molecule has 0 saturated carbocycles. The van der Waals surface area contributed by atoms with Crippen LogP contribution in [0.4, 0.5) is 0 Å². The number of nitrogens with zero attached hydrogens (tertiary/aromatic N) is 1. The molecule has 3 aromatic heterocycles. The Morgan fingerprint density at radius 1 is 0.412 bits per heavy atom. The maximum absolute atomic E-state index is 5.23. The predicted molar refractivity (Wildman–Crippen MR) is 223 cm³/mol. The summed E-state index contributed by atoms with van der Waals surface area (Å²) < 4.78 is 13.1. The maximum Gasteiger partial charge on any atom is 0.320 e. The van der Waals surface area contributed by atoms with Gasteiger partial charge in [0.1, 0.15) is 0 Å². The maximum atomic E-state index is 5.23. The first-order valence-corrected chi connectivity index (χ1v) is 19.5. The van der Waals surface area contributed by atoms with E-state index in [1.807, 2.05) is 34.0 Å². The molecule has 3 nitrogen and oxygen atoms in total. The molecule has 1 atom stereocenters. The van der Waals surface area contributed by atoms with Gasteiger partial charge in [0.25, 0.3) is 0 Å². The number of rotatable bonds is 4. The van der Waals surface area contributed by atoms with E-state index in [2.05, 4.69) is 162 Å². The molecule has 240 valence electrons. The number of thiophene rings is 3. The molecular weight excluding hydrogens is 679 g/mol. The van der Waals surface area contributed by atoms with Crippen LogP contribution in [-0.4, -0.2) is 11.7 Å². The zero-order valence-electron chi connectivity index (χ0n) is 27.2. The van der Waals surface area contributed by atoms with Crippen LogP contribution in [0, 0.1) is 0 Å². The van der Waals surface area contributed by atoms with Gasteiger partial charge in [-0.25, -0.2) is 4.67 Å². The molecule has 0 saturated heterocycles. The minimum Gasteiger partial charge on any atom is -0.255 e. The third-order valence-electron chi connectivity index (χ3n) is 10.0. The lowest BCUT2D eigenvalue weighted by Crippen LogP contribution is -2.48. The number of benzene rings is 7. The van der Waals surface area contributed by atoms with Gasteiger partial charge in [-0.1, -0.05) is 97.1 Å². The fourth-order valence-electron chi connectivity index (χ4n) is 7.62. The number of fused-ring (bicyclic) bond motifs is 9. The SMILES string of the molecule is c1ccc(C2=[N+]=C(c3cccc4sc5ccccc5c34)NC(c3ccc4sc5cc(-c6cccc7c6sc6ccccc67)ccc5c4c3)N2)cc1. The first kappa shape index (κ1) is 29.0. The van der Waals surface area contributed by atoms with Gasteiger partial charge in [0.2, 0.25) is 6.17 Å². The van der Waals surface area contributed by atoms with Crippen molar-refractivity contribution in [2.75, 3.05) is 0 Å². The highest BCUT2D eigenvalue weighted by Crippen LogP contribution is 2.43. The zero-order valence-corrected chi connectivity index (χ0v) is 29.6. The number of hydrogen-bond acceptors (Lipinski definition) is 5. The van der Waals surface area contributed by atoms with Crippen LogP contribution in [0.25, 0.3) is 71.6 Å². The number of nitrogens with one attached hydrogen (secondary N) is 2. The Hall–Kier alpha value is -5.75. The molecule has 0 radical (unpaired) electrons. The molecule has 10 aromatic rings. The summed E-state index contributed by atoms with van der Waals surface area (Å²) >= 11 is 5.59. The molecule has 0 spiro atoms. The Labute approximate surface area is 305 Å². The summed E-state index contributed by atoms with van der Waals surface area (Å²) in [5.74, 6) is 1.74. The van der Waals surface area contributed by atoms with Gasteiger partial charge in [-0.05, 0) is 65.7 Å². The molecule has 0 amide bonds. The van der Waals surface area contributed by atoms with Crippen LogP contribution in [0.1, 0.15) is 22.9 Å². The fraction of sp³-hybridized carbons (Fsp3) is 0.0222. The van der Waals surface area contributed by atoms with Crippen molar-refractivity contribution < 1.29 is 0 Å². The van der Waals surface area contributed by atoms with Crippen LogP contribution in [-0.2, 0) is 0 Å². The molecule has 0 aliphatic carbocycles. The molecule has 1 aliphatic rings. The molecule has 4 heterocycles. The Morgan fingerprint density at radius 2 is 1.08 bits per heavy atom. The van der Waals surface area contributed by atoms with E-state index in [4.69, 9.17) is 4.67 Å². The van der Waals surface area contributed by atoms with Gasteiger partial charge in [0, 0.05) is 66.1 Å². The lowest BCUT2D eigenvalue weighted by molar-refractivity contribution is 0.598. The third-order valence-corrected chi connectivity index (χ3v) is 13.5. The van der Waals surface area contributed by atoms with Gasteiger partial charge >= 0.3 is 11.7 Å².